The average molecular weight is 281 g/mol. The van der Waals surface area contributed by atoms with Crippen molar-refractivity contribution in [1.29, 1.82) is 0 Å². The molecule has 4 nitrogen and oxygen atoms in total. The predicted molar refractivity (Wildman–Crippen MR) is 72.9 cm³/mol. The standard InChI is InChI=1S/C15H20FNO3/c16-12-5-10(6-13(18)7-12)8-17-9-11-3-1-2-4-14(11)15(19)20/h5-7,11,14,17-18H,1-4,8-9H2,(H,19,20). The van der Waals surface area contributed by atoms with Crippen LogP contribution in [0.1, 0.15) is 31.2 Å². The molecule has 1 aliphatic carbocycles. The summed E-state index contributed by atoms with van der Waals surface area (Å²) in [6, 6.07) is 3.93. The van der Waals surface area contributed by atoms with E-state index in [0.717, 1.165) is 31.7 Å². The minimum absolute atomic E-state index is 0.0946. The van der Waals surface area contributed by atoms with E-state index in [1.165, 1.54) is 12.1 Å². The molecule has 1 aromatic rings. The summed E-state index contributed by atoms with van der Waals surface area (Å²) in [5, 5.41) is 21.7. The van der Waals surface area contributed by atoms with Gasteiger partial charge in [0.1, 0.15) is 11.6 Å². The first-order valence-electron chi connectivity index (χ1n) is 6.98. The lowest BCUT2D eigenvalue weighted by atomic mass is 9.79. The summed E-state index contributed by atoms with van der Waals surface area (Å²) in [6.45, 7) is 1.03. The van der Waals surface area contributed by atoms with Gasteiger partial charge in [0.2, 0.25) is 0 Å². The Bertz CT molecular complexity index is 458. The van der Waals surface area contributed by atoms with Crippen LogP contribution in [0.5, 0.6) is 5.75 Å². The van der Waals surface area contributed by atoms with Gasteiger partial charge in [-0.2, -0.15) is 0 Å². The molecule has 1 aromatic carbocycles. The first kappa shape index (κ1) is 14.8. The lowest BCUT2D eigenvalue weighted by Crippen LogP contribution is -2.34. The first-order valence-corrected chi connectivity index (χ1v) is 6.98. The number of aliphatic carboxylic acids is 1. The summed E-state index contributed by atoms with van der Waals surface area (Å²) < 4.78 is 13.1. The average Bonchev–Trinajstić information content (AvgIpc) is 2.38. The molecule has 0 amide bonds. The Balaban J connectivity index is 1.86. The van der Waals surface area contributed by atoms with Gasteiger partial charge in [0.25, 0.3) is 0 Å². The van der Waals surface area contributed by atoms with Gasteiger partial charge >= 0.3 is 5.97 Å². The molecular formula is C15H20FNO3. The maximum atomic E-state index is 13.1. The van der Waals surface area contributed by atoms with E-state index in [4.69, 9.17) is 0 Å². The fourth-order valence-corrected chi connectivity index (χ4v) is 2.91. The number of carboxylic acid groups (broad SMARTS) is 1. The van der Waals surface area contributed by atoms with Crippen molar-refractivity contribution in [3.63, 3.8) is 0 Å². The second-order valence-electron chi connectivity index (χ2n) is 5.44. The van der Waals surface area contributed by atoms with Crippen LogP contribution in [0.4, 0.5) is 4.39 Å². The number of nitrogens with one attached hydrogen (secondary N) is 1. The quantitative estimate of drug-likeness (QED) is 0.775. The Morgan fingerprint density at radius 1 is 1.30 bits per heavy atom. The number of rotatable bonds is 5. The van der Waals surface area contributed by atoms with Gasteiger partial charge in [0, 0.05) is 12.6 Å². The Kier molecular flexibility index (Phi) is 4.95. The van der Waals surface area contributed by atoms with Crippen LogP contribution >= 0.6 is 0 Å². The number of halogens is 1. The molecule has 0 saturated heterocycles. The molecule has 1 aliphatic rings. The molecule has 2 rings (SSSR count). The highest BCUT2D eigenvalue weighted by Crippen LogP contribution is 2.29. The van der Waals surface area contributed by atoms with Gasteiger partial charge in [-0.05, 0) is 43.0 Å². The molecule has 5 heteroatoms. The number of carbonyl (C=O) groups is 1. The molecule has 20 heavy (non-hydrogen) atoms. The number of hydrogen-bond donors (Lipinski definition) is 3. The molecule has 3 N–H and O–H groups in total. The molecule has 1 saturated carbocycles. The van der Waals surface area contributed by atoms with E-state index in [1.54, 1.807) is 0 Å². The fourth-order valence-electron chi connectivity index (χ4n) is 2.91. The van der Waals surface area contributed by atoms with Crippen molar-refractivity contribution >= 4 is 5.97 Å². The number of carboxylic acids is 1. The number of phenolic OH excluding ortho intramolecular Hbond substituents is 1. The maximum absolute atomic E-state index is 13.1. The Morgan fingerprint density at radius 2 is 2.05 bits per heavy atom. The summed E-state index contributed by atoms with van der Waals surface area (Å²) >= 11 is 0. The molecule has 0 aromatic heterocycles. The van der Waals surface area contributed by atoms with Gasteiger partial charge in [-0.25, -0.2) is 4.39 Å². The van der Waals surface area contributed by atoms with Crippen molar-refractivity contribution in [1.82, 2.24) is 5.32 Å². The first-order chi connectivity index (χ1) is 9.56. The zero-order chi connectivity index (χ0) is 14.5. The fraction of sp³-hybridized carbons (Fsp3) is 0.533. The van der Waals surface area contributed by atoms with Crippen molar-refractivity contribution < 1.29 is 19.4 Å². The second kappa shape index (κ2) is 6.70. The van der Waals surface area contributed by atoms with Crippen LogP contribution < -0.4 is 5.32 Å². The summed E-state index contributed by atoms with van der Waals surface area (Å²) in [5.74, 6) is -1.44. The van der Waals surface area contributed by atoms with Gasteiger partial charge < -0.3 is 15.5 Å². The molecule has 0 bridgehead atoms. The smallest absolute Gasteiger partial charge is 0.306 e. The van der Waals surface area contributed by atoms with Crippen LogP contribution in [0, 0.1) is 17.7 Å². The third-order valence-corrected chi connectivity index (χ3v) is 3.90. The van der Waals surface area contributed by atoms with Gasteiger partial charge in [-0.1, -0.05) is 12.8 Å². The van der Waals surface area contributed by atoms with Gasteiger partial charge in [-0.15, -0.1) is 0 Å². The van der Waals surface area contributed by atoms with Crippen molar-refractivity contribution in [3.05, 3.63) is 29.6 Å². The Labute approximate surface area is 117 Å². The highest BCUT2D eigenvalue weighted by atomic mass is 19.1. The molecule has 0 radical (unpaired) electrons. The van der Waals surface area contributed by atoms with E-state index >= 15 is 0 Å². The minimum Gasteiger partial charge on any atom is -0.508 e. The Morgan fingerprint density at radius 3 is 2.75 bits per heavy atom. The van der Waals surface area contributed by atoms with Crippen molar-refractivity contribution in [3.8, 4) is 5.75 Å². The largest absolute Gasteiger partial charge is 0.508 e. The molecule has 0 heterocycles. The highest BCUT2D eigenvalue weighted by Gasteiger charge is 2.30. The van der Waals surface area contributed by atoms with Crippen molar-refractivity contribution in [2.24, 2.45) is 11.8 Å². The second-order valence-corrected chi connectivity index (χ2v) is 5.44. The normalized spacial score (nSPS) is 22.6. The predicted octanol–water partition coefficient (Wildman–Crippen LogP) is 2.51. The summed E-state index contributed by atoms with van der Waals surface area (Å²) in [4.78, 5) is 11.2. The zero-order valence-corrected chi connectivity index (χ0v) is 11.3. The molecular weight excluding hydrogens is 261 g/mol. The van der Waals surface area contributed by atoms with Gasteiger partial charge in [0.05, 0.1) is 5.92 Å². The van der Waals surface area contributed by atoms with Gasteiger partial charge in [-0.3, -0.25) is 4.79 Å². The third kappa shape index (κ3) is 3.93. The molecule has 2 unspecified atom stereocenters. The molecule has 0 spiro atoms. The lowest BCUT2D eigenvalue weighted by molar-refractivity contribution is -0.144. The van der Waals surface area contributed by atoms with Crippen LogP contribution in [-0.2, 0) is 11.3 Å². The van der Waals surface area contributed by atoms with E-state index < -0.39 is 11.8 Å². The number of hydrogen-bond acceptors (Lipinski definition) is 3. The monoisotopic (exact) mass is 281 g/mol. The van der Waals surface area contributed by atoms with Crippen molar-refractivity contribution in [2.45, 2.75) is 32.2 Å². The minimum atomic E-state index is -0.722. The number of benzene rings is 1. The van der Waals surface area contributed by atoms with Crippen molar-refractivity contribution in [2.75, 3.05) is 6.54 Å². The van der Waals surface area contributed by atoms with E-state index in [0.29, 0.717) is 18.7 Å². The van der Waals surface area contributed by atoms with E-state index in [1.807, 2.05) is 0 Å². The van der Waals surface area contributed by atoms with Crippen LogP contribution in [0.15, 0.2) is 18.2 Å². The molecule has 1 fully saturated rings. The Hall–Kier alpha value is -1.62. The molecule has 0 aliphatic heterocycles. The maximum Gasteiger partial charge on any atom is 0.306 e. The summed E-state index contributed by atoms with van der Waals surface area (Å²) in [7, 11) is 0. The van der Waals surface area contributed by atoms with E-state index in [2.05, 4.69) is 5.32 Å². The zero-order valence-electron chi connectivity index (χ0n) is 11.3. The lowest BCUT2D eigenvalue weighted by Gasteiger charge is -2.28. The molecule has 2 atom stereocenters. The SMILES string of the molecule is O=C(O)C1CCCCC1CNCc1cc(O)cc(F)c1. The summed E-state index contributed by atoms with van der Waals surface area (Å²) in [6.07, 6.45) is 3.70. The van der Waals surface area contributed by atoms with Crippen LogP contribution in [0.3, 0.4) is 0 Å². The number of phenols is 1. The third-order valence-electron chi connectivity index (χ3n) is 3.90. The van der Waals surface area contributed by atoms with Crippen LogP contribution in [0.2, 0.25) is 0 Å². The van der Waals surface area contributed by atoms with E-state index in [9.17, 15) is 19.4 Å². The van der Waals surface area contributed by atoms with Crippen LogP contribution in [-0.4, -0.2) is 22.7 Å². The van der Waals surface area contributed by atoms with Crippen LogP contribution in [0.25, 0.3) is 0 Å². The molecule has 110 valence electrons. The van der Waals surface area contributed by atoms with Gasteiger partial charge in [0.15, 0.2) is 0 Å². The topological polar surface area (TPSA) is 69.6 Å². The van der Waals surface area contributed by atoms with E-state index in [-0.39, 0.29) is 17.6 Å². The summed E-state index contributed by atoms with van der Waals surface area (Å²) in [5.41, 5.74) is 0.658. The number of aromatic hydroxyl groups is 1. The highest BCUT2D eigenvalue weighted by molar-refractivity contribution is 5.70.